The molecule has 0 aliphatic carbocycles. The maximum absolute atomic E-state index is 13.0. The average molecular weight is 486 g/mol. The van der Waals surface area contributed by atoms with E-state index in [9.17, 15) is 25.0 Å². The molecule has 1 aromatic heterocycles. The van der Waals surface area contributed by atoms with E-state index in [1.807, 2.05) is 17.2 Å². The van der Waals surface area contributed by atoms with E-state index in [4.69, 9.17) is 0 Å². The lowest BCUT2D eigenvalue weighted by molar-refractivity contribution is -0.387. The molecule has 1 amide bonds. The molecule has 0 saturated carbocycles. The van der Waals surface area contributed by atoms with Gasteiger partial charge in [0.15, 0.2) is 4.34 Å². The fraction of sp³-hybridized carbons (Fsp3) is 0.238. The zero-order valence-electron chi connectivity index (χ0n) is 17.5. The van der Waals surface area contributed by atoms with Crippen molar-refractivity contribution in [2.45, 2.75) is 16.2 Å². The van der Waals surface area contributed by atoms with Crippen molar-refractivity contribution in [1.82, 2.24) is 9.88 Å². The van der Waals surface area contributed by atoms with E-state index in [0.29, 0.717) is 35.4 Å². The van der Waals surface area contributed by atoms with Crippen LogP contribution in [0.3, 0.4) is 0 Å². The summed E-state index contributed by atoms with van der Waals surface area (Å²) >= 11 is 2.62. The van der Waals surface area contributed by atoms with Crippen molar-refractivity contribution in [1.29, 1.82) is 0 Å². The zero-order valence-corrected chi connectivity index (χ0v) is 19.2. The molecule has 3 aromatic rings. The van der Waals surface area contributed by atoms with Crippen molar-refractivity contribution in [2.75, 3.05) is 31.1 Å². The number of piperazine rings is 1. The molecular weight excluding hydrogens is 466 g/mol. The number of non-ortho nitro benzene ring substituents is 1. The standard InChI is InChI=1S/C21H19N5O5S2/c1-14-13-32-21(22-14)33-19-6-5-15(11-18(19)26(30)31)20(27)24-9-7-23(8-10-24)16-3-2-4-17(12-16)25(28)29/h2-6,11-13H,7-10H2,1H3. The molecule has 1 saturated heterocycles. The van der Waals surface area contributed by atoms with Crippen LogP contribution in [-0.4, -0.2) is 51.8 Å². The SMILES string of the molecule is Cc1csc(Sc2ccc(C(=O)N3CCN(c4cccc([N+](=O)[O-])c4)CC3)cc2[N+](=O)[O-])n1. The van der Waals surface area contributed by atoms with Gasteiger partial charge in [-0.15, -0.1) is 11.3 Å². The highest BCUT2D eigenvalue weighted by Gasteiger charge is 2.26. The number of nitro benzene ring substituents is 2. The number of benzene rings is 2. The highest BCUT2D eigenvalue weighted by Crippen LogP contribution is 2.37. The Labute approximate surface area is 197 Å². The molecule has 2 heterocycles. The van der Waals surface area contributed by atoms with E-state index in [0.717, 1.165) is 11.4 Å². The van der Waals surface area contributed by atoms with Gasteiger partial charge >= 0.3 is 0 Å². The van der Waals surface area contributed by atoms with Crippen LogP contribution in [0.2, 0.25) is 0 Å². The Morgan fingerprint density at radius 1 is 1.06 bits per heavy atom. The minimum atomic E-state index is -0.486. The third-order valence-corrected chi connectivity index (χ3v) is 7.29. The first kappa shape index (κ1) is 22.7. The zero-order chi connectivity index (χ0) is 23.5. The number of carbonyl (C=O) groups excluding carboxylic acids is 1. The number of anilines is 1. The van der Waals surface area contributed by atoms with E-state index in [2.05, 4.69) is 4.98 Å². The number of rotatable bonds is 6. The minimum absolute atomic E-state index is 0.0178. The first-order valence-corrected chi connectivity index (χ1v) is 11.7. The van der Waals surface area contributed by atoms with Crippen molar-refractivity contribution in [3.05, 3.63) is 79.3 Å². The van der Waals surface area contributed by atoms with Crippen LogP contribution in [0, 0.1) is 27.2 Å². The molecule has 1 fully saturated rings. The normalized spacial score (nSPS) is 13.7. The Hall–Kier alpha value is -3.51. The monoisotopic (exact) mass is 485 g/mol. The van der Waals surface area contributed by atoms with Crippen molar-refractivity contribution < 1.29 is 14.6 Å². The Morgan fingerprint density at radius 3 is 2.45 bits per heavy atom. The molecule has 0 N–H and O–H groups in total. The molecule has 0 bridgehead atoms. The number of hydrogen-bond donors (Lipinski definition) is 0. The van der Waals surface area contributed by atoms with Crippen LogP contribution in [0.25, 0.3) is 0 Å². The molecule has 1 aliphatic heterocycles. The van der Waals surface area contributed by atoms with E-state index < -0.39 is 9.85 Å². The summed E-state index contributed by atoms with van der Waals surface area (Å²) in [6, 6.07) is 10.9. The quantitative estimate of drug-likeness (QED) is 0.372. The van der Waals surface area contributed by atoms with Gasteiger partial charge in [0.1, 0.15) is 0 Å². The van der Waals surface area contributed by atoms with Gasteiger partial charge in [-0.25, -0.2) is 4.98 Å². The van der Waals surface area contributed by atoms with Crippen molar-refractivity contribution in [3.8, 4) is 0 Å². The molecule has 0 radical (unpaired) electrons. The van der Waals surface area contributed by atoms with Gasteiger partial charge in [-0.2, -0.15) is 0 Å². The van der Waals surface area contributed by atoms with Gasteiger partial charge in [0, 0.05) is 66.7 Å². The second kappa shape index (κ2) is 9.55. The van der Waals surface area contributed by atoms with Gasteiger partial charge in [0.25, 0.3) is 17.3 Å². The van der Waals surface area contributed by atoms with Gasteiger partial charge in [-0.1, -0.05) is 17.8 Å². The Bertz CT molecular complexity index is 1220. The molecule has 12 heteroatoms. The molecule has 0 unspecified atom stereocenters. The highest BCUT2D eigenvalue weighted by atomic mass is 32.2. The number of nitrogens with zero attached hydrogens (tertiary/aromatic N) is 5. The second-order valence-electron chi connectivity index (χ2n) is 7.35. The Morgan fingerprint density at radius 2 is 1.82 bits per heavy atom. The van der Waals surface area contributed by atoms with E-state index in [-0.39, 0.29) is 22.8 Å². The number of nitro groups is 2. The summed E-state index contributed by atoms with van der Waals surface area (Å²) in [6.07, 6.45) is 0. The Balaban J connectivity index is 1.46. The van der Waals surface area contributed by atoms with Crippen molar-refractivity contribution >= 4 is 46.1 Å². The first-order chi connectivity index (χ1) is 15.8. The fourth-order valence-electron chi connectivity index (χ4n) is 3.51. The predicted molar refractivity (Wildman–Crippen MR) is 125 cm³/mol. The molecule has 4 rings (SSSR count). The lowest BCUT2D eigenvalue weighted by Crippen LogP contribution is -2.48. The lowest BCUT2D eigenvalue weighted by Gasteiger charge is -2.36. The summed E-state index contributed by atoms with van der Waals surface area (Å²) < 4.78 is 0.701. The third kappa shape index (κ3) is 5.12. The van der Waals surface area contributed by atoms with Crippen LogP contribution in [0.15, 0.2) is 57.1 Å². The third-order valence-electron chi connectivity index (χ3n) is 5.17. The largest absolute Gasteiger partial charge is 0.368 e. The van der Waals surface area contributed by atoms with Crippen molar-refractivity contribution in [3.63, 3.8) is 0 Å². The summed E-state index contributed by atoms with van der Waals surface area (Å²) in [5.74, 6) is -0.279. The number of amides is 1. The van der Waals surface area contributed by atoms with Crippen LogP contribution in [0.1, 0.15) is 16.1 Å². The maximum Gasteiger partial charge on any atom is 0.284 e. The summed E-state index contributed by atoms with van der Waals surface area (Å²) in [7, 11) is 0. The molecule has 0 atom stereocenters. The van der Waals surface area contributed by atoms with Crippen LogP contribution in [0.4, 0.5) is 17.1 Å². The Kier molecular flexibility index (Phi) is 6.56. The predicted octanol–water partition coefficient (Wildman–Crippen LogP) is 4.38. The molecule has 1 aliphatic rings. The van der Waals surface area contributed by atoms with Gasteiger partial charge in [0.05, 0.1) is 14.7 Å². The average Bonchev–Trinajstić information content (AvgIpc) is 3.23. The second-order valence-corrected chi connectivity index (χ2v) is 9.50. The number of hydrogen-bond acceptors (Lipinski definition) is 9. The van der Waals surface area contributed by atoms with Crippen molar-refractivity contribution in [2.24, 2.45) is 0 Å². The van der Waals surface area contributed by atoms with Crippen LogP contribution in [-0.2, 0) is 0 Å². The molecule has 33 heavy (non-hydrogen) atoms. The fourth-order valence-corrected chi connectivity index (χ4v) is 5.39. The van der Waals surface area contributed by atoms with E-state index in [1.54, 1.807) is 29.2 Å². The van der Waals surface area contributed by atoms with Gasteiger partial charge in [-0.05, 0) is 25.1 Å². The number of aryl methyl sites for hydroxylation is 1. The number of carbonyl (C=O) groups is 1. The number of aromatic nitrogens is 1. The minimum Gasteiger partial charge on any atom is -0.368 e. The van der Waals surface area contributed by atoms with Crippen LogP contribution in [0.5, 0.6) is 0 Å². The lowest BCUT2D eigenvalue weighted by atomic mass is 10.1. The number of thiazole rings is 1. The topological polar surface area (TPSA) is 123 Å². The van der Waals surface area contributed by atoms with E-state index in [1.165, 1.54) is 41.3 Å². The highest BCUT2D eigenvalue weighted by molar-refractivity contribution is 8.01. The smallest absolute Gasteiger partial charge is 0.284 e. The van der Waals surface area contributed by atoms with Crippen LogP contribution >= 0.6 is 23.1 Å². The van der Waals surface area contributed by atoms with Gasteiger partial charge < -0.3 is 9.80 Å². The van der Waals surface area contributed by atoms with Gasteiger partial charge in [0.2, 0.25) is 0 Å². The summed E-state index contributed by atoms with van der Waals surface area (Å²) in [5, 5.41) is 24.5. The summed E-state index contributed by atoms with van der Waals surface area (Å²) in [6.45, 7) is 3.68. The molecule has 0 spiro atoms. The molecule has 2 aromatic carbocycles. The maximum atomic E-state index is 13.0. The summed E-state index contributed by atoms with van der Waals surface area (Å²) in [4.78, 5) is 43.1. The van der Waals surface area contributed by atoms with E-state index >= 15 is 0 Å². The first-order valence-electron chi connectivity index (χ1n) is 9.99. The summed E-state index contributed by atoms with van der Waals surface area (Å²) in [5.41, 5.74) is 1.72. The molecule has 170 valence electrons. The van der Waals surface area contributed by atoms with Gasteiger partial charge in [-0.3, -0.25) is 25.0 Å². The molecular formula is C21H19N5O5S2. The molecule has 10 nitrogen and oxygen atoms in total. The van der Waals surface area contributed by atoms with Crippen LogP contribution < -0.4 is 4.90 Å².